The summed E-state index contributed by atoms with van der Waals surface area (Å²) in [5.41, 5.74) is 3.81. The average molecular weight is 239 g/mol. The van der Waals surface area contributed by atoms with Crippen LogP contribution in [0.3, 0.4) is 0 Å². The van der Waals surface area contributed by atoms with Gasteiger partial charge in [0, 0.05) is 5.56 Å². The number of aryl methyl sites for hydroxylation is 1. The maximum absolute atomic E-state index is 5.14. The van der Waals surface area contributed by atoms with Gasteiger partial charge in [-0.15, -0.1) is 0 Å². The van der Waals surface area contributed by atoms with E-state index in [4.69, 9.17) is 4.74 Å². The predicted octanol–water partition coefficient (Wildman–Crippen LogP) is 2.71. The van der Waals surface area contributed by atoms with Crippen molar-refractivity contribution in [3.63, 3.8) is 0 Å². The van der Waals surface area contributed by atoms with Gasteiger partial charge in [0.25, 0.3) is 0 Å². The highest BCUT2D eigenvalue weighted by atomic mass is 16.5. The summed E-state index contributed by atoms with van der Waals surface area (Å²) < 4.78 is 6.94. The molecule has 0 radical (unpaired) electrons. The maximum atomic E-state index is 5.14. The van der Waals surface area contributed by atoms with Gasteiger partial charge in [-0.1, -0.05) is 0 Å². The number of imidazole rings is 1. The first-order chi connectivity index (χ1) is 8.76. The van der Waals surface area contributed by atoms with Crippen molar-refractivity contribution in [2.24, 2.45) is 0 Å². The number of rotatable bonds is 2. The normalized spacial score (nSPS) is 10.8. The molecule has 0 saturated carbocycles. The summed E-state index contributed by atoms with van der Waals surface area (Å²) in [5, 5.41) is 4.54. The largest absolute Gasteiger partial charge is 0.497 e. The standard InChI is InChI=1S/C14H13N3O/c1-10-9-17-14(15-10)8-7-13(16-17)11-3-5-12(18-2)6-4-11/h3-9H,1-2H3. The minimum absolute atomic E-state index is 0.846. The lowest BCUT2D eigenvalue weighted by atomic mass is 10.1. The quantitative estimate of drug-likeness (QED) is 0.690. The summed E-state index contributed by atoms with van der Waals surface area (Å²) in [6.07, 6.45) is 1.92. The number of benzene rings is 1. The number of hydrogen-bond donors (Lipinski definition) is 0. The fourth-order valence-corrected chi connectivity index (χ4v) is 1.92. The molecule has 18 heavy (non-hydrogen) atoms. The molecule has 90 valence electrons. The highest BCUT2D eigenvalue weighted by Gasteiger charge is 2.03. The van der Waals surface area contributed by atoms with Crippen LogP contribution in [0.15, 0.2) is 42.6 Å². The van der Waals surface area contributed by atoms with Crippen LogP contribution in [0.5, 0.6) is 5.75 Å². The zero-order valence-electron chi connectivity index (χ0n) is 10.3. The van der Waals surface area contributed by atoms with Crippen molar-refractivity contribution >= 4 is 5.65 Å². The van der Waals surface area contributed by atoms with E-state index >= 15 is 0 Å². The third-order valence-corrected chi connectivity index (χ3v) is 2.83. The molecule has 0 unspecified atom stereocenters. The number of aromatic nitrogens is 3. The van der Waals surface area contributed by atoms with Crippen LogP contribution in [0.25, 0.3) is 16.9 Å². The fraction of sp³-hybridized carbons (Fsp3) is 0.143. The molecule has 2 heterocycles. The minimum Gasteiger partial charge on any atom is -0.497 e. The van der Waals surface area contributed by atoms with Crippen molar-refractivity contribution in [3.8, 4) is 17.0 Å². The molecule has 4 heteroatoms. The molecular formula is C14H13N3O. The average Bonchev–Trinajstić information content (AvgIpc) is 2.78. The van der Waals surface area contributed by atoms with Crippen LogP contribution in [-0.2, 0) is 0 Å². The topological polar surface area (TPSA) is 39.4 Å². The molecule has 3 aromatic rings. The van der Waals surface area contributed by atoms with Gasteiger partial charge in [0.15, 0.2) is 5.65 Å². The van der Waals surface area contributed by atoms with Crippen LogP contribution < -0.4 is 4.74 Å². The molecule has 0 fully saturated rings. The first-order valence-corrected chi connectivity index (χ1v) is 5.74. The Hall–Kier alpha value is -2.36. The highest BCUT2D eigenvalue weighted by molar-refractivity contribution is 5.61. The van der Waals surface area contributed by atoms with E-state index in [-0.39, 0.29) is 0 Å². The van der Waals surface area contributed by atoms with Crippen LogP contribution in [-0.4, -0.2) is 21.7 Å². The second kappa shape index (κ2) is 4.14. The second-order valence-electron chi connectivity index (χ2n) is 4.13. The van der Waals surface area contributed by atoms with Gasteiger partial charge in [-0.25, -0.2) is 9.50 Å². The Morgan fingerprint density at radius 1 is 1.06 bits per heavy atom. The lowest BCUT2D eigenvalue weighted by Gasteiger charge is -2.03. The molecule has 1 aromatic carbocycles. The number of methoxy groups -OCH3 is 1. The smallest absolute Gasteiger partial charge is 0.153 e. The number of ether oxygens (including phenoxy) is 1. The summed E-state index contributed by atoms with van der Waals surface area (Å²) in [4.78, 5) is 4.36. The highest BCUT2D eigenvalue weighted by Crippen LogP contribution is 2.20. The first-order valence-electron chi connectivity index (χ1n) is 5.74. The predicted molar refractivity (Wildman–Crippen MR) is 69.7 cm³/mol. The SMILES string of the molecule is COc1ccc(-c2ccc3nc(C)cn3n2)cc1. The van der Waals surface area contributed by atoms with Gasteiger partial charge >= 0.3 is 0 Å². The number of nitrogens with zero attached hydrogens (tertiary/aromatic N) is 3. The number of hydrogen-bond acceptors (Lipinski definition) is 3. The van der Waals surface area contributed by atoms with E-state index in [9.17, 15) is 0 Å². The molecule has 0 spiro atoms. The Bertz CT molecular complexity index is 686. The van der Waals surface area contributed by atoms with Gasteiger partial charge in [-0.3, -0.25) is 0 Å². The molecule has 0 atom stereocenters. The van der Waals surface area contributed by atoms with Gasteiger partial charge in [-0.05, 0) is 43.3 Å². The molecule has 0 saturated heterocycles. The fourth-order valence-electron chi connectivity index (χ4n) is 1.92. The second-order valence-corrected chi connectivity index (χ2v) is 4.13. The van der Waals surface area contributed by atoms with Gasteiger partial charge in [0.1, 0.15) is 5.75 Å². The molecule has 0 amide bonds. The molecule has 3 rings (SSSR count). The molecule has 0 aliphatic heterocycles. The zero-order chi connectivity index (χ0) is 12.5. The zero-order valence-corrected chi connectivity index (χ0v) is 10.3. The Morgan fingerprint density at radius 2 is 1.83 bits per heavy atom. The maximum Gasteiger partial charge on any atom is 0.153 e. The van der Waals surface area contributed by atoms with E-state index in [1.165, 1.54) is 0 Å². The van der Waals surface area contributed by atoms with Crippen LogP contribution in [0, 0.1) is 6.92 Å². The summed E-state index contributed by atoms with van der Waals surface area (Å²) in [6, 6.07) is 11.8. The van der Waals surface area contributed by atoms with E-state index in [1.54, 1.807) is 11.6 Å². The molecule has 0 aliphatic rings. The van der Waals surface area contributed by atoms with Crippen LogP contribution in [0.2, 0.25) is 0 Å². The monoisotopic (exact) mass is 239 g/mol. The Labute approximate surface area is 105 Å². The van der Waals surface area contributed by atoms with Crippen molar-refractivity contribution in [2.75, 3.05) is 7.11 Å². The van der Waals surface area contributed by atoms with Gasteiger partial charge in [0.2, 0.25) is 0 Å². The van der Waals surface area contributed by atoms with Crippen molar-refractivity contribution in [1.82, 2.24) is 14.6 Å². The molecule has 0 N–H and O–H groups in total. The summed E-state index contributed by atoms with van der Waals surface area (Å²) in [7, 11) is 1.66. The Balaban J connectivity index is 2.06. The summed E-state index contributed by atoms with van der Waals surface area (Å²) in [5.74, 6) is 0.846. The third kappa shape index (κ3) is 1.82. The van der Waals surface area contributed by atoms with Crippen molar-refractivity contribution in [1.29, 1.82) is 0 Å². The van der Waals surface area contributed by atoms with Gasteiger partial charge in [-0.2, -0.15) is 5.10 Å². The van der Waals surface area contributed by atoms with Crippen LogP contribution in [0.1, 0.15) is 5.69 Å². The van der Waals surface area contributed by atoms with Crippen molar-refractivity contribution < 1.29 is 4.74 Å². The minimum atomic E-state index is 0.846. The van der Waals surface area contributed by atoms with E-state index < -0.39 is 0 Å². The number of fused-ring (bicyclic) bond motifs is 1. The molecule has 0 bridgehead atoms. The Kier molecular flexibility index (Phi) is 2.48. The van der Waals surface area contributed by atoms with E-state index in [1.807, 2.05) is 49.5 Å². The third-order valence-electron chi connectivity index (χ3n) is 2.83. The molecule has 2 aromatic heterocycles. The van der Waals surface area contributed by atoms with E-state index in [0.717, 1.165) is 28.3 Å². The lowest BCUT2D eigenvalue weighted by molar-refractivity contribution is 0.415. The first kappa shape index (κ1) is 10.8. The molecule has 0 aliphatic carbocycles. The van der Waals surface area contributed by atoms with E-state index in [0.29, 0.717) is 0 Å². The van der Waals surface area contributed by atoms with Gasteiger partial charge < -0.3 is 4.74 Å². The summed E-state index contributed by atoms with van der Waals surface area (Å²) in [6.45, 7) is 1.96. The van der Waals surface area contributed by atoms with Crippen LogP contribution in [0.4, 0.5) is 0 Å². The molecular weight excluding hydrogens is 226 g/mol. The molecule has 4 nitrogen and oxygen atoms in total. The Morgan fingerprint density at radius 3 is 2.56 bits per heavy atom. The lowest BCUT2D eigenvalue weighted by Crippen LogP contribution is -1.93. The van der Waals surface area contributed by atoms with E-state index in [2.05, 4.69) is 10.1 Å². The van der Waals surface area contributed by atoms with Crippen molar-refractivity contribution in [3.05, 3.63) is 48.3 Å². The summed E-state index contributed by atoms with van der Waals surface area (Å²) >= 11 is 0. The van der Waals surface area contributed by atoms with Gasteiger partial charge in [0.05, 0.1) is 24.7 Å². The van der Waals surface area contributed by atoms with Crippen molar-refractivity contribution in [2.45, 2.75) is 6.92 Å². The van der Waals surface area contributed by atoms with Crippen LogP contribution >= 0.6 is 0 Å².